The van der Waals surface area contributed by atoms with E-state index in [1.165, 1.54) is 0 Å². The highest BCUT2D eigenvalue weighted by molar-refractivity contribution is 7.15. The predicted molar refractivity (Wildman–Crippen MR) is 81.5 cm³/mol. The van der Waals surface area contributed by atoms with Gasteiger partial charge in [0.2, 0.25) is 0 Å². The van der Waals surface area contributed by atoms with Crippen LogP contribution in [0.4, 0.5) is 0 Å². The summed E-state index contributed by atoms with van der Waals surface area (Å²) in [5.74, 6) is -1.22. The van der Waals surface area contributed by atoms with Crippen LogP contribution in [0.2, 0.25) is 0 Å². The molecule has 0 fully saturated rings. The van der Waals surface area contributed by atoms with E-state index in [1.54, 1.807) is 17.5 Å². The van der Waals surface area contributed by atoms with Crippen LogP contribution in [-0.4, -0.2) is 21.0 Å². The molecule has 1 aromatic carbocycles. The molecule has 2 heterocycles. The van der Waals surface area contributed by atoms with Gasteiger partial charge >= 0.3 is 5.97 Å². The molecule has 1 atom stereocenters. The van der Waals surface area contributed by atoms with Crippen molar-refractivity contribution >= 4 is 28.2 Å². The number of aryl methyl sites for hydroxylation is 1. The van der Waals surface area contributed by atoms with Crippen LogP contribution in [0.25, 0.3) is 21.5 Å². The first-order chi connectivity index (χ1) is 10.2. The lowest BCUT2D eigenvalue weighted by molar-refractivity contribution is -0.138. The van der Waals surface area contributed by atoms with E-state index in [2.05, 4.69) is 9.97 Å². The Morgan fingerprint density at radius 1 is 1.29 bits per heavy atom. The molecule has 21 heavy (non-hydrogen) atoms. The fraction of sp³-hybridized carbons (Fsp3) is 0.188. The SMILES string of the molecule is O=C(O)C1CCc2sc(-c3ccnc4ccccc34)nc21. The van der Waals surface area contributed by atoms with Crippen molar-refractivity contribution in [3.05, 3.63) is 47.1 Å². The Labute approximate surface area is 125 Å². The van der Waals surface area contributed by atoms with E-state index in [-0.39, 0.29) is 0 Å². The van der Waals surface area contributed by atoms with Crippen molar-refractivity contribution in [2.75, 3.05) is 0 Å². The van der Waals surface area contributed by atoms with E-state index in [4.69, 9.17) is 0 Å². The summed E-state index contributed by atoms with van der Waals surface area (Å²) in [6.07, 6.45) is 3.26. The van der Waals surface area contributed by atoms with Gasteiger partial charge < -0.3 is 5.11 Å². The minimum Gasteiger partial charge on any atom is -0.481 e. The molecule has 3 aromatic rings. The fourth-order valence-corrected chi connectivity index (χ4v) is 4.04. The van der Waals surface area contributed by atoms with Gasteiger partial charge in [0.05, 0.1) is 11.2 Å². The maximum Gasteiger partial charge on any atom is 0.312 e. The van der Waals surface area contributed by atoms with Crippen molar-refractivity contribution in [1.82, 2.24) is 9.97 Å². The molecule has 2 aromatic heterocycles. The number of aromatic nitrogens is 2. The molecular formula is C16H12N2O2S. The maximum atomic E-state index is 11.3. The molecule has 0 radical (unpaired) electrons. The average molecular weight is 296 g/mol. The van der Waals surface area contributed by atoms with Crippen LogP contribution in [0, 0.1) is 0 Å². The van der Waals surface area contributed by atoms with E-state index in [1.807, 2.05) is 30.3 Å². The quantitative estimate of drug-likeness (QED) is 0.786. The molecule has 4 nitrogen and oxygen atoms in total. The predicted octanol–water partition coefficient (Wildman–Crippen LogP) is 3.47. The Bertz CT molecular complexity index is 851. The number of aliphatic carboxylic acids is 1. The normalized spacial score (nSPS) is 17.0. The van der Waals surface area contributed by atoms with Gasteiger partial charge in [0.15, 0.2) is 0 Å². The van der Waals surface area contributed by atoms with Crippen LogP contribution in [0.15, 0.2) is 36.5 Å². The summed E-state index contributed by atoms with van der Waals surface area (Å²) in [5, 5.41) is 11.2. The highest BCUT2D eigenvalue weighted by Crippen LogP contribution is 2.41. The van der Waals surface area contributed by atoms with Crippen LogP contribution in [0.1, 0.15) is 22.9 Å². The van der Waals surface area contributed by atoms with Gasteiger partial charge in [-0.3, -0.25) is 9.78 Å². The molecular weight excluding hydrogens is 284 g/mol. The van der Waals surface area contributed by atoms with Gasteiger partial charge in [-0.2, -0.15) is 0 Å². The molecule has 1 unspecified atom stereocenters. The molecule has 0 amide bonds. The van der Waals surface area contributed by atoms with Gasteiger partial charge in [-0.1, -0.05) is 18.2 Å². The molecule has 0 saturated heterocycles. The molecule has 4 rings (SSSR count). The zero-order chi connectivity index (χ0) is 14.4. The number of hydrogen-bond acceptors (Lipinski definition) is 4. The lowest BCUT2D eigenvalue weighted by Gasteiger charge is -2.04. The Hall–Kier alpha value is -2.27. The fourth-order valence-electron chi connectivity index (χ4n) is 2.87. The average Bonchev–Trinajstić information content (AvgIpc) is 3.06. The topological polar surface area (TPSA) is 63.1 Å². The molecule has 0 bridgehead atoms. The lowest BCUT2D eigenvalue weighted by atomic mass is 10.1. The third kappa shape index (κ3) is 1.93. The molecule has 0 spiro atoms. The van der Waals surface area contributed by atoms with Crippen molar-refractivity contribution < 1.29 is 9.90 Å². The third-order valence-electron chi connectivity index (χ3n) is 3.90. The number of carboxylic acids is 1. The van der Waals surface area contributed by atoms with Crippen LogP contribution in [0.5, 0.6) is 0 Å². The van der Waals surface area contributed by atoms with Crippen molar-refractivity contribution in [2.45, 2.75) is 18.8 Å². The standard InChI is InChI=1S/C16H12N2O2S/c19-16(20)11-5-6-13-14(11)18-15(21-13)10-7-8-17-12-4-2-1-3-9(10)12/h1-4,7-8,11H,5-6H2,(H,19,20). The first-order valence-corrected chi connectivity index (χ1v) is 7.62. The zero-order valence-electron chi connectivity index (χ0n) is 11.1. The molecule has 0 saturated carbocycles. The van der Waals surface area contributed by atoms with Gasteiger partial charge in [0.25, 0.3) is 0 Å². The number of thiazole rings is 1. The summed E-state index contributed by atoms with van der Waals surface area (Å²) in [6.45, 7) is 0. The number of pyridine rings is 1. The van der Waals surface area contributed by atoms with E-state index in [0.717, 1.165) is 38.5 Å². The molecule has 104 valence electrons. The number of hydrogen-bond donors (Lipinski definition) is 1. The lowest BCUT2D eigenvalue weighted by Crippen LogP contribution is -2.08. The van der Waals surface area contributed by atoms with Gasteiger partial charge in [-0.25, -0.2) is 4.98 Å². The van der Waals surface area contributed by atoms with E-state index >= 15 is 0 Å². The number of nitrogens with zero attached hydrogens (tertiary/aromatic N) is 2. The minimum atomic E-state index is -0.773. The van der Waals surface area contributed by atoms with Crippen molar-refractivity contribution in [3.63, 3.8) is 0 Å². The number of benzene rings is 1. The minimum absolute atomic E-state index is 0.446. The zero-order valence-corrected chi connectivity index (χ0v) is 11.9. The summed E-state index contributed by atoms with van der Waals surface area (Å²) in [4.78, 5) is 21.4. The summed E-state index contributed by atoms with van der Waals surface area (Å²) >= 11 is 1.61. The number of fused-ring (bicyclic) bond motifs is 2. The number of carbonyl (C=O) groups is 1. The molecule has 1 aliphatic rings. The highest BCUT2D eigenvalue weighted by Gasteiger charge is 2.32. The van der Waals surface area contributed by atoms with Crippen molar-refractivity contribution in [2.24, 2.45) is 0 Å². The third-order valence-corrected chi connectivity index (χ3v) is 5.06. The van der Waals surface area contributed by atoms with Gasteiger partial charge in [-0.15, -0.1) is 11.3 Å². The molecule has 5 heteroatoms. The largest absolute Gasteiger partial charge is 0.481 e. The summed E-state index contributed by atoms with van der Waals surface area (Å²) < 4.78 is 0. The summed E-state index contributed by atoms with van der Waals surface area (Å²) in [6, 6.07) is 9.89. The van der Waals surface area contributed by atoms with Crippen molar-refractivity contribution in [3.8, 4) is 10.6 Å². The van der Waals surface area contributed by atoms with Crippen LogP contribution >= 0.6 is 11.3 Å². The second-order valence-electron chi connectivity index (χ2n) is 5.13. The molecule has 1 aliphatic carbocycles. The second-order valence-corrected chi connectivity index (χ2v) is 6.22. The highest BCUT2D eigenvalue weighted by atomic mass is 32.1. The number of para-hydroxylation sites is 1. The van der Waals surface area contributed by atoms with E-state index in [0.29, 0.717) is 6.42 Å². The Morgan fingerprint density at radius 3 is 3.00 bits per heavy atom. The van der Waals surface area contributed by atoms with Gasteiger partial charge in [0.1, 0.15) is 10.9 Å². The van der Waals surface area contributed by atoms with Crippen LogP contribution in [-0.2, 0) is 11.2 Å². The number of carboxylic acid groups (broad SMARTS) is 1. The van der Waals surface area contributed by atoms with Crippen LogP contribution in [0.3, 0.4) is 0 Å². The maximum absolute atomic E-state index is 11.3. The van der Waals surface area contributed by atoms with Crippen LogP contribution < -0.4 is 0 Å². The first kappa shape index (κ1) is 12.5. The van der Waals surface area contributed by atoms with Gasteiger partial charge in [0, 0.05) is 22.0 Å². The van der Waals surface area contributed by atoms with E-state index in [9.17, 15) is 9.90 Å². The first-order valence-electron chi connectivity index (χ1n) is 6.80. The van der Waals surface area contributed by atoms with Crippen molar-refractivity contribution in [1.29, 1.82) is 0 Å². The Balaban J connectivity index is 1.88. The smallest absolute Gasteiger partial charge is 0.312 e. The summed E-state index contributed by atoms with van der Waals surface area (Å²) in [5.41, 5.74) is 2.72. The Kier molecular flexibility index (Phi) is 2.75. The Morgan fingerprint density at radius 2 is 2.14 bits per heavy atom. The molecule has 0 aliphatic heterocycles. The second kappa shape index (κ2) is 4.63. The van der Waals surface area contributed by atoms with Gasteiger partial charge in [-0.05, 0) is 25.0 Å². The number of rotatable bonds is 2. The molecule has 1 N–H and O–H groups in total. The van der Waals surface area contributed by atoms with E-state index < -0.39 is 11.9 Å². The monoisotopic (exact) mass is 296 g/mol. The summed E-state index contributed by atoms with van der Waals surface area (Å²) in [7, 11) is 0.